The zero-order chi connectivity index (χ0) is 16.3. The van der Waals surface area contributed by atoms with Crippen LogP contribution in [0.4, 0.5) is 0 Å². The average molecular weight is 443 g/mol. The van der Waals surface area contributed by atoms with Crippen molar-refractivity contribution in [1.82, 2.24) is 10.6 Å². The van der Waals surface area contributed by atoms with Crippen LogP contribution in [0.25, 0.3) is 0 Å². The summed E-state index contributed by atoms with van der Waals surface area (Å²) in [5.74, 6) is 0.830. The first kappa shape index (κ1) is 22.9. The summed E-state index contributed by atoms with van der Waals surface area (Å²) < 4.78 is 11.0. The summed E-state index contributed by atoms with van der Waals surface area (Å²) >= 11 is 0. The summed E-state index contributed by atoms with van der Waals surface area (Å²) in [5, 5.41) is 15.9. The highest BCUT2D eigenvalue weighted by Crippen LogP contribution is 2.32. The lowest BCUT2D eigenvalue weighted by molar-refractivity contribution is 0.0776. The molecular weight excluding hydrogens is 409 g/mol. The second-order valence-electron chi connectivity index (χ2n) is 6.17. The molecule has 1 saturated heterocycles. The number of guanidine groups is 1. The largest absolute Gasteiger partial charge is 0.396 e. The number of nitrogens with one attached hydrogen (secondary N) is 2. The number of aliphatic hydroxyl groups is 1. The summed E-state index contributed by atoms with van der Waals surface area (Å²) in [7, 11) is 0. The number of hydrogen-bond donors (Lipinski definition) is 3. The van der Waals surface area contributed by atoms with Gasteiger partial charge in [-0.05, 0) is 40.0 Å². The normalized spacial score (nSPS) is 21.3. The van der Waals surface area contributed by atoms with Gasteiger partial charge in [0, 0.05) is 38.3 Å². The number of aliphatic hydroxyl groups excluding tert-OH is 1. The minimum absolute atomic E-state index is 0. The van der Waals surface area contributed by atoms with Crippen LogP contribution >= 0.6 is 24.0 Å². The number of hydrogen-bond acceptors (Lipinski definition) is 4. The molecule has 0 aromatic rings. The number of aliphatic imine (C=N–C) groups is 1. The Balaban J connectivity index is 0.00000484. The van der Waals surface area contributed by atoms with Crippen LogP contribution in [0.5, 0.6) is 0 Å². The van der Waals surface area contributed by atoms with Gasteiger partial charge in [-0.15, -0.1) is 24.0 Å². The molecule has 1 heterocycles. The molecule has 0 saturated carbocycles. The number of nitrogens with zero attached hydrogens (tertiary/aromatic N) is 1. The maximum absolute atomic E-state index is 9.26. The molecule has 1 atom stereocenters. The summed E-state index contributed by atoms with van der Waals surface area (Å²) in [4.78, 5) is 4.68. The highest BCUT2D eigenvalue weighted by Gasteiger charge is 2.34. The molecule has 1 unspecified atom stereocenters. The highest BCUT2D eigenvalue weighted by molar-refractivity contribution is 14.0. The van der Waals surface area contributed by atoms with Gasteiger partial charge in [-0.3, -0.25) is 4.99 Å². The van der Waals surface area contributed by atoms with Gasteiger partial charge in [0.1, 0.15) is 0 Å². The lowest BCUT2D eigenvalue weighted by Crippen LogP contribution is -2.39. The van der Waals surface area contributed by atoms with Crippen LogP contribution in [-0.2, 0) is 9.47 Å². The molecule has 0 aliphatic carbocycles. The molecule has 138 valence electrons. The van der Waals surface area contributed by atoms with E-state index >= 15 is 0 Å². The zero-order valence-electron chi connectivity index (χ0n) is 14.8. The molecule has 0 radical (unpaired) electrons. The van der Waals surface area contributed by atoms with E-state index in [-0.39, 0.29) is 42.1 Å². The SMILES string of the molecule is CCNC(=NCC1(CCO)CCOC1)NCCCOC(C)C.I. The molecule has 1 aliphatic rings. The zero-order valence-corrected chi connectivity index (χ0v) is 17.1. The van der Waals surface area contributed by atoms with Crippen molar-refractivity contribution in [2.75, 3.05) is 46.1 Å². The fraction of sp³-hybridized carbons (Fsp3) is 0.938. The van der Waals surface area contributed by atoms with Crippen LogP contribution in [-0.4, -0.2) is 63.2 Å². The molecular formula is C16H34IN3O3. The van der Waals surface area contributed by atoms with Gasteiger partial charge in [-0.2, -0.15) is 0 Å². The van der Waals surface area contributed by atoms with Gasteiger partial charge < -0.3 is 25.2 Å². The fourth-order valence-corrected chi connectivity index (χ4v) is 2.47. The molecule has 23 heavy (non-hydrogen) atoms. The van der Waals surface area contributed by atoms with Gasteiger partial charge in [0.2, 0.25) is 0 Å². The summed E-state index contributed by atoms with van der Waals surface area (Å²) in [6, 6.07) is 0. The maximum atomic E-state index is 9.26. The van der Waals surface area contributed by atoms with Crippen molar-refractivity contribution in [1.29, 1.82) is 0 Å². The standard InChI is InChI=1S/C16H33N3O3.HI/c1-4-17-15(18-8-5-10-22-14(2)3)19-12-16(6-9-20)7-11-21-13-16;/h14,20H,4-13H2,1-3H3,(H2,17,18,19);1H. The van der Waals surface area contributed by atoms with Gasteiger partial charge in [0.25, 0.3) is 0 Å². The molecule has 3 N–H and O–H groups in total. The third-order valence-corrected chi connectivity index (χ3v) is 3.81. The summed E-state index contributed by atoms with van der Waals surface area (Å²) in [5.41, 5.74) is -0.00213. The van der Waals surface area contributed by atoms with Crippen molar-refractivity contribution >= 4 is 29.9 Å². The van der Waals surface area contributed by atoms with E-state index in [4.69, 9.17) is 9.47 Å². The smallest absolute Gasteiger partial charge is 0.191 e. The van der Waals surface area contributed by atoms with Crippen LogP contribution in [0.15, 0.2) is 4.99 Å². The first-order valence-corrected chi connectivity index (χ1v) is 8.44. The third-order valence-electron chi connectivity index (χ3n) is 3.81. The van der Waals surface area contributed by atoms with Crippen molar-refractivity contribution in [3.05, 3.63) is 0 Å². The molecule has 0 aromatic heterocycles. The van der Waals surface area contributed by atoms with Crippen molar-refractivity contribution in [2.45, 2.75) is 46.1 Å². The predicted molar refractivity (Wildman–Crippen MR) is 105 cm³/mol. The maximum Gasteiger partial charge on any atom is 0.191 e. The second-order valence-corrected chi connectivity index (χ2v) is 6.17. The van der Waals surface area contributed by atoms with E-state index < -0.39 is 0 Å². The van der Waals surface area contributed by atoms with Crippen LogP contribution in [0.3, 0.4) is 0 Å². The van der Waals surface area contributed by atoms with Gasteiger partial charge in [0.05, 0.1) is 19.3 Å². The van der Waals surface area contributed by atoms with Crippen molar-refractivity contribution < 1.29 is 14.6 Å². The second kappa shape index (κ2) is 13.2. The Bertz CT molecular complexity index is 322. The Kier molecular flexibility index (Phi) is 13.1. The quantitative estimate of drug-likeness (QED) is 0.208. The van der Waals surface area contributed by atoms with E-state index in [2.05, 4.69) is 22.5 Å². The minimum Gasteiger partial charge on any atom is -0.396 e. The Morgan fingerprint density at radius 1 is 1.39 bits per heavy atom. The average Bonchev–Trinajstić information content (AvgIpc) is 2.93. The number of ether oxygens (including phenoxy) is 2. The van der Waals surface area contributed by atoms with Crippen LogP contribution in [0.1, 0.15) is 40.0 Å². The first-order valence-electron chi connectivity index (χ1n) is 8.44. The van der Waals surface area contributed by atoms with E-state index in [1.54, 1.807) is 0 Å². The van der Waals surface area contributed by atoms with Gasteiger partial charge in [-0.25, -0.2) is 0 Å². The van der Waals surface area contributed by atoms with Gasteiger partial charge in [-0.1, -0.05) is 0 Å². The van der Waals surface area contributed by atoms with Crippen molar-refractivity contribution in [2.24, 2.45) is 10.4 Å². The topological polar surface area (TPSA) is 75.1 Å². The molecule has 1 aliphatic heterocycles. The molecule has 6 nitrogen and oxygen atoms in total. The lowest BCUT2D eigenvalue weighted by atomic mass is 9.84. The molecule has 0 spiro atoms. The van der Waals surface area contributed by atoms with Crippen molar-refractivity contribution in [3.8, 4) is 0 Å². The monoisotopic (exact) mass is 443 g/mol. The van der Waals surface area contributed by atoms with Crippen LogP contribution in [0, 0.1) is 5.41 Å². The van der Waals surface area contributed by atoms with E-state index in [1.165, 1.54) is 0 Å². The minimum atomic E-state index is -0.00213. The van der Waals surface area contributed by atoms with E-state index in [1.807, 2.05) is 13.8 Å². The van der Waals surface area contributed by atoms with E-state index in [0.29, 0.717) is 13.2 Å². The summed E-state index contributed by atoms with van der Waals surface area (Å²) in [6.07, 6.45) is 2.95. The molecule has 7 heteroatoms. The fourth-order valence-electron chi connectivity index (χ4n) is 2.47. The van der Waals surface area contributed by atoms with Crippen LogP contribution < -0.4 is 10.6 Å². The highest BCUT2D eigenvalue weighted by atomic mass is 127. The Hall–Kier alpha value is -0.120. The molecule has 0 bridgehead atoms. The Morgan fingerprint density at radius 3 is 2.74 bits per heavy atom. The van der Waals surface area contributed by atoms with E-state index in [0.717, 1.165) is 51.5 Å². The molecule has 0 aromatic carbocycles. The first-order chi connectivity index (χ1) is 10.6. The molecule has 1 rings (SSSR count). The third kappa shape index (κ3) is 9.69. The Labute approximate surface area is 157 Å². The summed E-state index contributed by atoms with van der Waals surface area (Å²) in [6.45, 7) is 10.9. The molecule has 1 fully saturated rings. The predicted octanol–water partition coefficient (Wildman–Crippen LogP) is 1.76. The Morgan fingerprint density at radius 2 is 2.17 bits per heavy atom. The van der Waals surface area contributed by atoms with Crippen molar-refractivity contribution in [3.63, 3.8) is 0 Å². The van der Waals surface area contributed by atoms with Crippen LogP contribution in [0.2, 0.25) is 0 Å². The number of halogens is 1. The van der Waals surface area contributed by atoms with Gasteiger partial charge >= 0.3 is 0 Å². The van der Waals surface area contributed by atoms with Gasteiger partial charge in [0.15, 0.2) is 5.96 Å². The number of rotatable bonds is 10. The van der Waals surface area contributed by atoms with E-state index in [9.17, 15) is 5.11 Å². The molecule has 0 amide bonds. The lowest BCUT2D eigenvalue weighted by Gasteiger charge is -2.24.